The zero-order valence-electron chi connectivity index (χ0n) is 9.28. The van der Waals surface area contributed by atoms with E-state index in [1.54, 1.807) is 0 Å². The Bertz CT molecular complexity index is 391. The second-order valence-corrected chi connectivity index (χ2v) is 3.62. The normalized spacial score (nSPS) is 12.9. The van der Waals surface area contributed by atoms with Gasteiger partial charge < -0.3 is 5.11 Å². The highest BCUT2D eigenvalue weighted by Crippen LogP contribution is 2.39. The van der Waals surface area contributed by atoms with E-state index in [1.165, 1.54) is 6.92 Å². The highest BCUT2D eigenvalue weighted by atomic mass is 19.4. The van der Waals surface area contributed by atoms with Crippen LogP contribution in [0.15, 0.2) is 12.1 Å². The molecule has 1 aromatic rings. The summed E-state index contributed by atoms with van der Waals surface area (Å²) in [4.78, 5) is 0. The number of benzene rings is 1. The van der Waals surface area contributed by atoms with Gasteiger partial charge in [-0.2, -0.15) is 26.3 Å². The van der Waals surface area contributed by atoms with Crippen molar-refractivity contribution in [2.45, 2.75) is 32.3 Å². The summed E-state index contributed by atoms with van der Waals surface area (Å²) in [7, 11) is 0. The van der Waals surface area contributed by atoms with Crippen LogP contribution in [0, 0.1) is 0 Å². The highest BCUT2D eigenvalue weighted by molar-refractivity contribution is 5.43. The van der Waals surface area contributed by atoms with Gasteiger partial charge in [-0.15, -0.1) is 0 Å². The van der Waals surface area contributed by atoms with Crippen LogP contribution in [0.2, 0.25) is 0 Å². The minimum absolute atomic E-state index is 0.241. The highest BCUT2D eigenvalue weighted by Gasteiger charge is 2.39. The van der Waals surface area contributed by atoms with Gasteiger partial charge in [0.2, 0.25) is 0 Å². The van der Waals surface area contributed by atoms with Crippen molar-refractivity contribution in [1.82, 2.24) is 0 Å². The van der Waals surface area contributed by atoms with Gasteiger partial charge in [-0.3, -0.25) is 0 Å². The smallest absolute Gasteiger partial charge is 0.392 e. The second-order valence-electron chi connectivity index (χ2n) is 3.62. The summed E-state index contributed by atoms with van der Waals surface area (Å²) in [5.74, 6) is 0. The fourth-order valence-corrected chi connectivity index (χ4v) is 1.81. The van der Waals surface area contributed by atoms with Gasteiger partial charge in [-0.05, 0) is 29.7 Å². The van der Waals surface area contributed by atoms with Gasteiger partial charge >= 0.3 is 12.4 Å². The topological polar surface area (TPSA) is 20.2 Å². The van der Waals surface area contributed by atoms with E-state index in [-0.39, 0.29) is 6.42 Å². The molecule has 0 heterocycles. The molecule has 102 valence electrons. The summed E-state index contributed by atoms with van der Waals surface area (Å²) >= 11 is 0. The molecule has 18 heavy (non-hydrogen) atoms. The first-order valence-electron chi connectivity index (χ1n) is 5.03. The quantitative estimate of drug-likeness (QED) is 0.812. The molecule has 0 bridgehead atoms. The fourth-order valence-electron chi connectivity index (χ4n) is 1.81. The summed E-state index contributed by atoms with van der Waals surface area (Å²) in [5, 5.41) is 8.92. The summed E-state index contributed by atoms with van der Waals surface area (Å²) in [5.41, 5.74) is -3.59. The lowest BCUT2D eigenvalue weighted by molar-refractivity contribution is -0.142. The summed E-state index contributed by atoms with van der Waals surface area (Å²) < 4.78 is 75.6. The first-order chi connectivity index (χ1) is 8.12. The number of halogens is 6. The maximum atomic E-state index is 12.6. The lowest BCUT2D eigenvalue weighted by Gasteiger charge is -2.19. The molecule has 1 aromatic carbocycles. The predicted molar refractivity (Wildman–Crippen MR) is 51.7 cm³/mol. The maximum absolute atomic E-state index is 12.6. The first-order valence-corrected chi connectivity index (χ1v) is 5.03. The first kappa shape index (κ1) is 14.8. The predicted octanol–water partition coefficient (Wildman–Crippen LogP) is 3.78. The zero-order chi connectivity index (χ0) is 14.1. The minimum Gasteiger partial charge on any atom is -0.392 e. The van der Waals surface area contributed by atoms with E-state index in [0.717, 1.165) is 0 Å². The molecule has 0 fully saturated rings. The van der Waals surface area contributed by atoms with Gasteiger partial charge in [0.15, 0.2) is 0 Å². The number of hydrogen-bond donors (Lipinski definition) is 1. The Balaban J connectivity index is 3.57. The van der Waals surface area contributed by atoms with E-state index in [1.807, 2.05) is 0 Å². The molecule has 0 saturated carbocycles. The lowest BCUT2D eigenvalue weighted by Crippen LogP contribution is -2.17. The van der Waals surface area contributed by atoms with Crippen molar-refractivity contribution in [2.75, 3.05) is 0 Å². The Kier molecular flexibility index (Phi) is 3.95. The minimum atomic E-state index is -4.79. The average molecular weight is 272 g/mol. The molecule has 0 spiro atoms. The Morgan fingerprint density at radius 2 is 1.28 bits per heavy atom. The summed E-state index contributed by atoms with van der Waals surface area (Å²) in [6.45, 7) is 0.228. The van der Waals surface area contributed by atoms with Gasteiger partial charge in [-0.25, -0.2) is 0 Å². The fraction of sp³-hybridized carbons (Fsp3) is 0.455. The molecule has 1 nitrogen and oxygen atoms in total. The van der Waals surface area contributed by atoms with E-state index in [9.17, 15) is 26.3 Å². The number of aliphatic hydroxyl groups excluding tert-OH is 1. The Morgan fingerprint density at radius 1 is 0.889 bits per heavy atom. The molecular formula is C11H10F6O. The monoisotopic (exact) mass is 272 g/mol. The molecule has 0 saturated heterocycles. The lowest BCUT2D eigenvalue weighted by atomic mass is 9.94. The molecule has 0 amide bonds. The van der Waals surface area contributed by atoms with Gasteiger partial charge in [0.25, 0.3) is 0 Å². The number of rotatable bonds is 2. The molecule has 0 atom stereocenters. The van der Waals surface area contributed by atoms with Crippen molar-refractivity contribution < 1.29 is 31.4 Å². The van der Waals surface area contributed by atoms with Crippen LogP contribution in [0.5, 0.6) is 0 Å². The van der Waals surface area contributed by atoms with Crippen LogP contribution in [0.1, 0.15) is 29.2 Å². The number of alkyl halides is 6. The van der Waals surface area contributed by atoms with Crippen molar-refractivity contribution in [3.8, 4) is 0 Å². The van der Waals surface area contributed by atoms with Crippen molar-refractivity contribution >= 4 is 0 Å². The van der Waals surface area contributed by atoms with Crippen LogP contribution < -0.4 is 0 Å². The molecule has 0 aliphatic heterocycles. The third-order valence-electron chi connectivity index (χ3n) is 2.55. The van der Waals surface area contributed by atoms with Gasteiger partial charge in [-0.1, -0.05) is 6.92 Å². The largest absolute Gasteiger partial charge is 0.416 e. The Morgan fingerprint density at radius 3 is 1.56 bits per heavy atom. The third-order valence-corrected chi connectivity index (χ3v) is 2.55. The molecule has 0 aromatic heterocycles. The van der Waals surface area contributed by atoms with E-state index < -0.39 is 41.2 Å². The Hall–Kier alpha value is -1.24. The molecule has 1 rings (SSSR count). The van der Waals surface area contributed by atoms with E-state index in [2.05, 4.69) is 0 Å². The van der Waals surface area contributed by atoms with Crippen molar-refractivity contribution in [3.63, 3.8) is 0 Å². The zero-order valence-corrected chi connectivity index (χ0v) is 9.28. The molecule has 1 N–H and O–H groups in total. The van der Waals surface area contributed by atoms with Crippen molar-refractivity contribution in [3.05, 3.63) is 34.4 Å². The van der Waals surface area contributed by atoms with Crippen LogP contribution in [0.25, 0.3) is 0 Å². The molecule has 0 aliphatic rings. The standard InChI is InChI=1S/C11H10F6O/c1-2-6-7(5-18)9(11(15,16)17)4-3-8(6)10(12,13)14/h3-4,18H,2,5H2,1H3. The SMILES string of the molecule is CCc1c(C(F)(F)F)ccc(C(F)(F)F)c1CO. The summed E-state index contributed by atoms with van der Waals surface area (Å²) in [6.07, 6.45) is -9.76. The molecular weight excluding hydrogens is 262 g/mol. The number of aliphatic hydroxyl groups is 1. The maximum Gasteiger partial charge on any atom is 0.416 e. The second kappa shape index (κ2) is 4.79. The molecule has 0 radical (unpaired) electrons. The average Bonchev–Trinajstić information content (AvgIpc) is 2.24. The van der Waals surface area contributed by atoms with Crippen LogP contribution in [0.3, 0.4) is 0 Å². The van der Waals surface area contributed by atoms with Gasteiger partial charge in [0, 0.05) is 0 Å². The number of hydrogen-bond acceptors (Lipinski definition) is 1. The van der Waals surface area contributed by atoms with Gasteiger partial charge in [0.1, 0.15) is 0 Å². The molecule has 0 unspecified atom stereocenters. The molecule has 0 aliphatic carbocycles. The van der Waals surface area contributed by atoms with E-state index in [4.69, 9.17) is 5.11 Å². The van der Waals surface area contributed by atoms with E-state index in [0.29, 0.717) is 12.1 Å². The van der Waals surface area contributed by atoms with Gasteiger partial charge in [0.05, 0.1) is 17.7 Å². The molecule has 7 heteroatoms. The Labute approximate surface area is 99.0 Å². The van der Waals surface area contributed by atoms with Crippen LogP contribution in [-0.4, -0.2) is 5.11 Å². The van der Waals surface area contributed by atoms with Crippen LogP contribution >= 0.6 is 0 Å². The van der Waals surface area contributed by atoms with Crippen LogP contribution in [0.4, 0.5) is 26.3 Å². The van der Waals surface area contributed by atoms with Crippen LogP contribution in [-0.2, 0) is 25.4 Å². The third kappa shape index (κ3) is 2.77. The van der Waals surface area contributed by atoms with E-state index >= 15 is 0 Å². The van der Waals surface area contributed by atoms with Crippen molar-refractivity contribution in [2.24, 2.45) is 0 Å². The van der Waals surface area contributed by atoms with Crippen molar-refractivity contribution in [1.29, 1.82) is 0 Å². The summed E-state index contributed by atoms with van der Waals surface area (Å²) in [6, 6.07) is 0.758.